The molecule has 0 unspecified atom stereocenters. The van der Waals surface area contributed by atoms with Gasteiger partial charge >= 0.3 is 0 Å². The number of hydrogen-bond donors (Lipinski definition) is 0. The molecule has 0 aliphatic carbocycles. The molecule has 9 aromatic carbocycles. The van der Waals surface area contributed by atoms with E-state index in [1.165, 1.54) is 54.4 Å². The Morgan fingerprint density at radius 3 is 1.73 bits per heavy atom. The maximum Gasteiger partial charge on any atom is 0.0973 e. The van der Waals surface area contributed by atoms with Crippen LogP contribution in [0.4, 0.5) is 0 Å². The third kappa shape index (κ3) is 4.60. The van der Waals surface area contributed by atoms with Gasteiger partial charge in [-0.3, -0.25) is 0 Å². The van der Waals surface area contributed by atoms with E-state index >= 15 is 0 Å². The van der Waals surface area contributed by atoms with E-state index in [1.54, 1.807) is 0 Å². The first-order valence-electron chi connectivity index (χ1n) is 19.1. The lowest BCUT2D eigenvalue weighted by Crippen LogP contribution is -1.97. The molecule has 3 aromatic heterocycles. The second-order valence-electron chi connectivity index (χ2n) is 14.6. The Balaban J connectivity index is 1.11. The highest BCUT2D eigenvalue weighted by Crippen LogP contribution is 2.42. The monoisotopic (exact) mass is 712 g/mol. The largest absolute Gasteiger partial charge is 0.309 e. The minimum absolute atomic E-state index is 0.882. The van der Waals surface area contributed by atoms with Gasteiger partial charge in [0.1, 0.15) is 0 Å². The predicted octanol–water partition coefficient (Wildman–Crippen LogP) is 13.5. The van der Waals surface area contributed by atoms with Crippen LogP contribution >= 0.6 is 0 Å². The first-order valence-corrected chi connectivity index (χ1v) is 19.1. The zero-order valence-corrected chi connectivity index (χ0v) is 30.3. The zero-order chi connectivity index (χ0) is 36.7. The lowest BCUT2D eigenvalue weighted by atomic mass is 10.00. The van der Waals surface area contributed by atoms with E-state index in [0.717, 1.165) is 55.7 Å². The summed E-state index contributed by atoms with van der Waals surface area (Å²) >= 11 is 0. The molecule has 56 heavy (non-hydrogen) atoms. The summed E-state index contributed by atoms with van der Waals surface area (Å²) in [5.41, 5.74) is 12.7. The van der Waals surface area contributed by atoms with Crippen LogP contribution in [0.5, 0.6) is 0 Å². The van der Waals surface area contributed by atoms with Gasteiger partial charge in [0.15, 0.2) is 0 Å². The standard InChI is InChI=1S/C52H32N4/c1-3-14-34(15-4-1)50-51(54-46-21-11-10-20-45(46)53-50)37-24-23-36-30-39(27-25-35(36)29-37)56-49-32-48-43(31-44(49)42-28-26-33-13-7-8-18-40(33)52(42)56)41-19-9-12-22-47(41)55(48)38-16-5-2-6-17-38/h1-32H. The number of benzene rings is 9. The van der Waals surface area contributed by atoms with Crippen LogP contribution in [-0.4, -0.2) is 19.1 Å². The minimum Gasteiger partial charge on any atom is -0.309 e. The van der Waals surface area contributed by atoms with E-state index in [4.69, 9.17) is 9.97 Å². The molecular weight excluding hydrogens is 681 g/mol. The van der Waals surface area contributed by atoms with Gasteiger partial charge in [-0.15, -0.1) is 0 Å². The van der Waals surface area contributed by atoms with E-state index in [2.05, 4.69) is 173 Å². The molecule has 0 bridgehead atoms. The molecule has 0 N–H and O–H groups in total. The molecule has 0 atom stereocenters. The van der Waals surface area contributed by atoms with Crippen molar-refractivity contribution in [3.05, 3.63) is 194 Å². The van der Waals surface area contributed by atoms with Crippen LogP contribution in [0.1, 0.15) is 0 Å². The average molecular weight is 713 g/mol. The van der Waals surface area contributed by atoms with Crippen molar-refractivity contribution in [2.75, 3.05) is 0 Å². The number of nitrogens with zero attached hydrogens (tertiary/aromatic N) is 4. The van der Waals surface area contributed by atoms with Crippen LogP contribution in [0.25, 0.3) is 110 Å². The van der Waals surface area contributed by atoms with E-state index in [1.807, 2.05) is 30.3 Å². The van der Waals surface area contributed by atoms with Gasteiger partial charge in [0.2, 0.25) is 0 Å². The molecule has 12 aromatic rings. The molecule has 0 fully saturated rings. The molecule has 0 saturated carbocycles. The average Bonchev–Trinajstić information content (AvgIpc) is 3.77. The van der Waals surface area contributed by atoms with Crippen LogP contribution in [0, 0.1) is 0 Å². The van der Waals surface area contributed by atoms with Crippen molar-refractivity contribution in [3.63, 3.8) is 0 Å². The second-order valence-corrected chi connectivity index (χ2v) is 14.6. The quantitative estimate of drug-likeness (QED) is 0.182. The number of hydrogen-bond acceptors (Lipinski definition) is 2. The number of aromatic nitrogens is 4. The smallest absolute Gasteiger partial charge is 0.0973 e. The Kier molecular flexibility index (Phi) is 6.60. The third-order valence-electron chi connectivity index (χ3n) is 11.4. The molecule has 0 radical (unpaired) electrons. The Morgan fingerprint density at radius 1 is 0.304 bits per heavy atom. The molecule has 0 saturated heterocycles. The summed E-state index contributed by atoms with van der Waals surface area (Å²) in [5, 5.41) is 9.77. The summed E-state index contributed by atoms with van der Waals surface area (Å²) in [6, 6.07) is 69.7. The van der Waals surface area contributed by atoms with Gasteiger partial charge < -0.3 is 9.13 Å². The van der Waals surface area contributed by atoms with Crippen molar-refractivity contribution in [3.8, 4) is 33.9 Å². The van der Waals surface area contributed by atoms with E-state index < -0.39 is 0 Å². The van der Waals surface area contributed by atoms with Crippen LogP contribution in [0.15, 0.2) is 194 Å². The lowest BCUT2D eigenvalue weighted by molar-refractivity contribution is 1.17. The number of para-hydroxylation sites is 4. The van der Waals surface area contributed by atoms with Crippen LogP contribution < -0.4 is 0 Å². The molecule has 0 aliphatic rings. The van der Waals surface area contributed by atoms with Gasteiger partial charge in [0, 0.05) is 49.4 Å². The summed E-state index contributed by atoms with van der Waals surface area (Å²) in [4.78, 5) is 10.3. The molecule has 0 amide bonds. The third-order valence-corrected chi connectivity index (χ3v) is 11.4. The van der Waals surface area contributed by atoms with Gasteiger partial charge in [0.05, 0.1) is 44.5 Å². The maximum atomic E-state index is 5.18. The van der Waals surface area contributed by atoms with Gasteiger partial charge in [-0.1, -0.05) is 133 Å². The molecular formula is C52H32N4. The molecule has 260 valence electrons. The van der Waals surface area contributed by atoms with Crippen LogP contribution in [-0.2, 0) is 0 Å². The number of fused-ring (bicyclic) bond motifs is 10. The van der Waals surface area contributed by atoms with Gasteiger partial charge in [0.25, 0.3) is 0 Å². The lowest BCUT2D eigenvalue weighted by Gasteiger charge is -2.13. The summed E-state index contributed by atoms with van der Waals surface area (Å²) in [6.45, 7) is 0. The first kappa shape index (κ1) is 30.9. The first-order chi connectivity index (χ1) is 27.8. The number of rotatable bonds is 4. The highest BCUT2D eigenvalue weighted by Gasteiger charge is 2.20. The molecule has 12 rings (SSSR count). The van der Waals surface area contributed by atoms with Crippen molar-refractivity contribution >= 4 is 76.2 Å². The topological polar surface area (TPSA) is 35.6 Å². The Bertz CT molecular complexity index is 3520. The molecule has 4 nitrogen and oxygen atoms in total. The van der Waals surface area contributed by atoms with Crippen LogP contribution in [0.3, 0.4) is 0 Å². The fraction of sp³-hybridized carbons (Fsp3) is 0. The molecule has 0 spiro atoms. The van der Waals surface area contributed by atoms with E-state index in [-0.39, 0.29) is 0 Å². The van der Waals surface area contributed by atoms with Crippen molar-refractivity contribution in [1.82, 2.24) is 19.1 Å². The van der Waals surface area contributed by atoms with E-state index in [0.29, 0.717) is 0 Å². The van der Waals surface area contributed by atoms with E-state index in [9.17, 15) is 0 Å². The highest BCUT2D eigenvalue weighted by molar-refractivity contribution is 6.23. The van der Waals surface area contributed by atoms with Gasteiger partial charge in [-0.2, -0.15) is 0 Å². The fourth-order valence-electron chi connectivity index (χ4n) is 8.88. The predicted molar refractivity (Wildman–Crippen MR) is 234 cm³/mol. The van der Waals surface area contributed by atoms with Crippen molar-refractivity contribution in [2.24, 2.45) is 0 Å². The summed E-state index contributed by atoms with van der Waals surface area (Å²) in [6.07, 6.45) is 0. The summed E-state index contributed by atoms with van der Waals surface area (Å²) in [7, 11) is 0. The van der Waals surface area contributed by atoms with Crippen molar-refractivity contribution < 1.29 is 0 Å². The highest BCUT2D eigenvalue weighted by atomic mass is 15.0. The summed E-state index contributed by atoms with van der Waals surface area (Å²) in [5.74, 6) is 0. The summed E-state index contributed by atoms with van der Waals surface area (Å²) < 4.78 is 4.89. The molecule has 4 heteroatoms. The zero-order valence-electron chi connectivity index (χ0n) is 30.3. The fourth-order valence-corrected chi connectivity index (χ4v) is 8.88. The Morgan fingerprint density at radius 2 is 0.911 bits per heavy atom. The van der Waals surface area contributed by atoms with Crippen molar-refractivity contribution in [1.29, 1.82) is 0 Å². The minimum atomic E-state index is 0.882. The van der Waals surface area contributed by atoms with Crippen molar-refractivity contribution in [2.45, 2.75) is 0 Å². The van der Waals surface area contributed by atoms with Gasteiger partial charge in [-0.25, -0.2) is 9.97 Å². The van der Waals surface area contributed by atoms with Gasteiger partial charge in [-0.05, 0) is 76.8 Å². The Labute approximate surface area is 322 Å². The Hall–Kier alpha value is -7.56. The SMILES string of the molecule is c1ccc(-c2nc3ccccc3nc2-c2ccc3cc(-n4c5cc6c(cc5c5ccc7ccccc7c54)c4ccccc4n6-c4ccccc4)ccc3c2)cc1. The normalized spacial score (nSPS) is 11.9. The van der Waals surface area contributed by atoms with Crippen LogP contribution in [0.2, 0.25) is 0 Å². The molecule has 0 aliphatic heterocycles. The second kappa shape index (κ2) is 12.0. The maximum absolute atomic E-state index is 5.18. The molecule has 3 heterocycles.